The van der Waals surface area contributed by atoms with E-state index in [9.17, 15) is 9.59 Å². The summed E-state index contributed by atoms with van der Waals surface area (Å²) in [5.41, 5.74) is 0.144. The van der Waals surface area contributed by atoms with Crippen molar-refractivity contribution in [1.82, 2.24) is 9.88 Å². The molecule has 1 aliphatic carbocycles. The molecule has 1 amide bonds. The third-order valence-corrected chi connectivity index (χ3v) is 5.28. The zero-order valence-electron chi connectivity index (χ0n) is 15.5. The fraction of sp³-hybridized carbons (Fsp3) is 0.429. The Morgan fingerprint density at radius 3 is 2.81 bits per heavy atom. The molecule has 1 N–H and O–H groups in total. The number of nitrogens with one attached hydrogen (secondary N) is 1. The van der Waals surface area contributed by atoms with Crippen molar-refractivity contribution in [2.45, 2.75) is 45.2 Å². The Labute approximate surface area is 164 Å². The minimum atomic E-state index is -0.220. The van der Waals surface area contributed by atoms with Gasteiger partial charge in [-0.05, 0) is 37.0 Å². The lowest BCUT2D eigenvalue weighted by atomic mass is 9.87. The second-order valence-electron chi connectivity index (χ2n) is 7.12. The van der Waals surface area contributed by atoms with E-state index < -0.39 is 0 Å². The SMILES string of the molecule is C[C@@H]1CCC[C@H](NC(=O)c2cccc(=O)n2CCOc2ccccc2Cl)C1. The van der Waals surface area contributed by atoms with Gasteiger partial charge in [-0.25, -0.2) is 0 Å². The second-order valence-corrected chi connectivity index (χ2v) is 7.53. The predicted octanol–water partition coefficient (Wildman–Crippen LogP) is 3.89. The summed E-state index contributed by atoms with van der Waals surface area (Å²) in [4.78, 5) is 25.0. The van der Waals surface area contributed by atoms with Gasteiger partial charge in [0.15, 0.2) is 0 Å². The normalized spacial score (nSPS) is 19.5. The van der Waals surface area contributed by atoms with Gasteiger partial charge < -0.3 is 14.6 Å². The highest BCUT2D eigenvalue weighted by atomic mass is 35.5. The number of carbonyl (C=O) groups excluding carboxylic acids is 1. The number of halogens is 1. The van der Waals surface area contributed by atoms with Crippen molar-refractivity contribution < 1.29 is 9.53 Å². The Hall–Kier alpha value is -2.27. The minimum Gasteiger partial charge on any atom is -0.490 e. The van der Waals surface area contributed by atoms with Crippen LogP contribution in [0.25, 0.3) is 0 Å². The molecule has 5 nitrogen and oxygen atoms in total. The average Bonchev–Trinajstić information content (AvgIpc) is 2.64. The van der Waals surface area contributed by atoms with Crippen molar-refractivity contribution >= 4 is 17.5 Å². The van der Waals surface area contributed by atoms with Gasteiger partial charge in [0.25, 0.3) is 11.5 Å². The van der Waals surface area contributed by atoms with Crippen LogP contribution in [0, 0.1) is 5.92 Å². The highest BCUT2D eigenvalue weighted by molar-refractivity contribution is 6.32. The molecule has 1 fully saturated rings. The van der Waals surface area contributed by atoms with Gasteiger partial charge in [-0.1, -0.05) is 49.6 Å². The molecule has 0 spiro atoms. The van der Waals surface area contributed by atoms with E-state index >= 15 is 0 Å². The van der Waals surface area contributed by atoms with E-state index in [0.717, 1.165) is 19.3 Å². The molecule has 27 heavy (non-hydrogen) atoms. The van der Waals surface area contributed by atoms with E-state index in [4.69, 9.17) is 16.3 Å². The molecule has 0 aliphatic heterocycles. The molecule has 0 bridgehead atoms. The molecule has 0 saturated heterocycles. The summed E-state index contributed by atoms with van der Waals surface area (Å²) < 4.78 is 7.13. The highest BCUT2D eigenvalue weighted by Gasteiger charge is 2.22. The summed E-state index contributed by atoms with van der Waals surface area (Å²) >= 11 is 6.08. The van der Waals surface area contributed by atoms with Gasteiger partial charge in [-0.2, -0.15) is 0 Å². The number of hydrogen-bond acceptors (Lipinski definition) is 3. The van der Waals surface area contributed by atoms with Gasteiger partial charge in [0, 0.05) is 12.1 Å². The van der Waals surface area contributed by atoms with Crippen LogP contribution < -0.4 is 15.6 Å². The highest BCUT2D eigenvalue weighted by Crippen LogP contribution is 2.24. The lowest BCUT2D eigenvalue weighted by molar-refractivity contribution is 0.0909. The average molecular weight is 389 g/mol. The molecule has 1 aliphatic rings. The van der Waals surface area contributed by atoms with Crippen molar-refractivity contribution in [2.24, 2.45) is 5.92 Å². The van der Waals surface area contributed by atoms with Crippen LogP contribution in [0.5, 0.6) is 5.75 Å². The van der Waals surface area contributed by atoms with Gasteiger partial charge in [0.2, 0.25) is 0 Å². The summed E-state index contributed by atoms with van der Waals surface area (Å²) in [7, 11) is 0. The third-order valence-electron chi connectivity index (χ3n) is 4.96. The van der Waals surface area contributed by atoms with E-state index in [1.54, 1.807) is 24.3 Å². The Morgan fingerprint density at radius 2 is 2.04 bits per heavy atom. The van der Waals surface area contributed by atoms with E-state index in [0.29, 0.717) is 22.4 Å². The first-order chi connectivity index (χ1) is 13.0. The van der Waals surface area contributed by atoms with Crippen LogP contribution in [0.15, 0.2) is 47.3 Å². The number of carbonyl (C=O) groups is 1. The van der Waals surface area contributed by atoms with E-state index in [-0.39, 0.29) is 30.7 Å². The molecular formula is C21H25ClN2O3. The number of aromatic nitrogens is 1. The molecule has 2 aromatic rings. The summed E-state index contributed by atoms with van der Waals surface area (Å²) in [5.74, 6) is 0.973. The van der Waals surface area contributed by atoms with Gasteiger partial charge in [-0.3, -0.25) is 9.59 Å². The minimum absolute atomic E-state index is 0.171. The summed E-state index contributed by atoms with van der Waals surface area (Å²) in [5, 5.41) is 3.61. The molecule has 3 rings (SSSR count). The molecule has 1 aromatic carbocycles. The number of para-hydroxylation sites is 1. The number of rotatable bonds is 6. The Balaban J connectivity index is 1.67. The molecule has 1 heterocycles. The van der Waals surface area contributed by atoms with Crippen molar-refractivity contribution in [3.63, 3.8) is 0 Å². The van der Waals surface area contributed by atoms with Crippen LogP contribution in [0.4, 0.5) is 0 Å². The summed E-state index contributed by atoms with van der Waals surface area (Å²) in [6.45, 7) is 2.73. The van der Waals surface area contributed by atoms with Gasteiger partial charge in [0.05, 0.1) is 11.6 Å². The van der Waals surface area contributed by atoms with Gasteiger partial charge in [-0.15, -0.1) is 0 Å². The first kappa shape index (κ1) is 19.5. The number of nitrogens with zero attached hydrogens (tertiary/aromatic N) is 1. The zero-order chi connectivity index (χ0) is 19.2. The van der Waals surface area contributed by atoms with E-state index in [2.05, 4.69) is 12.2 Å². The van der Waals surface area contributed by atoms with E-state index in [1.807, 2.05) is 12.1 Å². The van der Waals surface area contributed by atoms with Crippen LogP contribution in [0.1, 0.15) is 43.1 Å². The summed E-state index contributed by atoms with van der Waals surface area (Å²) in [6.07, 6.45) is 4.31. The maximum Gasteiger partial charge on any atom is 0.268 e. The number of amides is 1. The Kier molecular flexibility index (Phi) is 6.56. The van der Waals surface area contributed by atoms with Crippen LogP contribution >= 0.6 is 11.6 Å². The predicted molar refractivity (Wildman–Crippen MR) is 107 cm³/mol. The van der Waals surface area contributed by atoms with Crippen LogP contribution in [-0.2, 0) is 6.54 Å². The zero-order valence-corrected chi connectivity index (χ0v) is 16.2. The Morgan fingerprint density at radius 1 is 1.22 bits per heavy atom. The molecule has 2 atom stereocenters. The van der Waals surface area contributed by atoms with E-state index in [1.165, 1.54) is 17.1 Å². The number of ether oxygens (including phenoxy) is 1. The van der Waals surface area contributed by atoms with Crippen molar-refractivity contribution in [1.29, 1.82) is 0 Å². The molecule has 1 saturated carbocycles. The summed E-state index contributed by atoms with van der Waals surface area (Å²) in [6, 6.07) is 12.1. The van der Waals surface area contributed by atoms with Crippen molar-refractivity contribution in [2.75, 3.05) is 6.61 Å². The second kappa shape index (κ2) is 9.09. The monoisotopic (exact) mass is 388 g/mol. The van der Waals surface area contributed by atoms with Crippen molar-refractivity contribution in [3.8, 4) is 5.75 Å². The first-order valence-electron chi connectivity index (χ1n) is 9.42. The van der Waals surface area contributed by atoms with Crippen LogP contribution in [0.2, 0.25) is 5.02 Å². The molecule has 0 unspecified atom stereocenters. The third kappa shape index (κ3) is 5.13. The molecule has 144 valence electrons. The lowest BCUT2D eigenvalue weighted by Gasteiger charge is -2.27. The maximum atomic E-state index is 12.7. The quantitative estimate of drug-likeness (QED) is 0.816. The largest absolute Gasteiger partial charge is 0.490 e. The maximum absolute atomic E-state index is 12.7. The standard InChI is InChI=1S/C21H25ClN2O3/c1-15-6-4-7-16(14-15)23-21(26)18-9-5-11-20(25)24(18)12-13-27-19-10-3-2-8-17(19)22/h2-3,5,8-11,15-16H,4,6-7,12-14H2,1H3,(H,23,26)/t15-,16+/m1/s1. The van der Waals surface area contributed by atoms with Gasteiger partial charge in [0.1, 0.15) is 18.1 Å². The van der Waals surface area contributed by atoms with Crippen LogP contribution in [0.3, 0.4) is 0 Å². The lowest BCUT2D eigenvalue weighted by Crippen LogP contribution is -2.40. The van der Waals surface area contributed by atoms with Crippen molar-refractivity contribution in [3.05, 3.63) is 63.5 Å². The fourth-order valence-electron chi connectivity index (χ4n) is 3.58. The fourth-order valence-corrected chi connectivity index (χ4v) is 3.77. The Bertz CT molecular complexity index is 849. The molecule has 1 aromatic heterocycles. The number of benzene rings is 1. The molecular weight excluding hydrogens is 364 g/mol. The van der Waals surface area contributed by atoms with Gasteiger partial charge >= 0.3 is 0 Å². The topological polar surface area (TPSA) is 60.3 Å². The molecule has 0 radical (unpaired) electrons. The number of pyridine rings is 1. The smallest absolute Gasteiger partial charge is 0.268 e. The van der Waals surface area contributed by atoms with Crippen LogP contribution in [-0.4, -0.2) is 23.1 Å². The molecule has 6 heteroatoms. The number of hydrogen-bond donors (Lipinski definition) is 1. The first-order valence-corrected chi connectivity index (χ1v) is 9.80.